The van der Waals surface area contributed by atoms with E-state index < -0.39 is 37.4 Å². The number of anilines is 1. The van der Waals surface area contributed by atoms with Crippen molar-refractivity contribution in [2.24, 2.45) is 0 Å². The zero-order chi connectivity index (χ0) is 26.3. The van der Waals surface area contributed by atoms with Crippen molar-refractivity contribution >= 4 is 34.5 Å². The molecule has 1 unspecified atom stereocenters. The van der Waals surface area contributed by atoms with Crippen molar-refractivity contribution < 1.29 is 23.9 Å². The molecule has 0 radical (unpaired) electrons. The molecule has 1 amide bonds. The molecule has 5 rings (SSSR count). The van der Waals surface area contributed by atoms with Gasteiger partial charge in [-0.2, -0.15) is 0 Å². The number of carbonyl (C=O) groups is 1. The topological polar surface area (TPSA) is 159 Å². The van der Waals surface area contributed by atoms with Crippen molar-refractivity contribution in [3.63, 3.8) is 0 Å². The highest BCUT2D eigenvalue weighted by Crippen LogP contribution is 2.34. The molecule has 12 nitrogen and oxygen atoms in total. The molecule has 0 saturated carbocycles. The van der Waals surface area contributed by atoms with Gasteiger partial charge in [0, 0.05) is 35.1 Å². The Morgan fingerprint density at radius 2 is 2.12 bits per heavy atom. The van der Waals surface area contributed by atoms with E-state index >= 15 is 0 Å². The van der Waals surface area contributed by atoms with Crippen LogP contribution in [0.15, 0.2) is 24.8 Å². The van der Waals surface area contributed by atoms with E-state index in [0.29, 0.717) is 21.9 Å². The van der Waals surface area contributed by atoms with E-state index in [1.807, 2.05) is 0 Å². The number of aliphatic hydroxyl groups excluding tert-OH is 2. The highest BCUT2D eigenvalue weighted by Gasteiger charge is 2.47. The normalized spacial score (nSPS) is 27.2. The highest BCUT2D eigenvalue weighted by atomic mass is 35.5. The molecule has 0 spiro atoms. The Balaban J connectivity index is 1.54. The number of piperidine rings is 1. The van der Waals surface area contributed by atoms with Gasteiger partial charge in [0.15, 0.2) is 35.1 Å². The van der Waals surface area contributed by atoms with Crippen LogP contribution in [-0.4, -0.2) is 85.0 Å². The van der Waals surface area contributed by atoms with Gasteiger partial charge in [-0.1, -0.05) is 11.6 Å². The zero-order valence-corrected chi connectivity index (χ0v) is 18.6. The second-order valence-corrected chi connectivity index (χ2v) is 8.63. The first kappa shape index (κ1) is 19.4. The Kier molecular flexibility index (Phi) is 5.36. The number of aromatic nitrogens is 5. The summed E-state index contributed by atoms with van der Waals surface area (Å²) in [6.07, 6.45) is -0.0137. The quantitative estimate of drug-likeness (QED) is 0.330. The molecule has 5 heterocycles. The fraction of sp³-hybridized carbons (Fsp3) is 0.476. The summed E-state index contributed by atoms with van der Waals surface area (Å²) in [5.74, 6) is -0.340. The lowest BCUT2D eigenvalue weighted by atomic mass is 10.1. The minimum absolute atomic E-state index is 0.137. The predicted octanol–water partition coefficient (Wildman–Crippen LogP) is 0.0708. The maximum absolute atomic E-state index is 12.4. The van der Waals surface area contributed by atoms with Crippen LogP contribution in [0.4, 0.5) is 5.82 Å². The molecular weight excluding hydrogens is 464 g/mol. The van der Waals surface area contributed by atoms with Crippen molar-refractivity contribution in [2.75, 3.05) is 25.4 Å². The Morgan fingerprint density at radius 3 is 2.88 bits per heavy atom. The van der Waals surface area contributed by atoms with Gasteiger partial charge in [-0.25, -0.2) is 15.0 Å². The molecule has 2 saturated heterocycles. The molecule has 2 fully saturated rings. The highest BCUT2D eigenvalue weighted by molar-refractivity contribution is 6.30. The van der Waals surface area contributed by atoms with E-state index in [-0.39, 0.29) is 17.5 Å². The molecular formula is C21H25ClN8O4. The summed E-state index contributed by atoms with van der Waals surface area (Å²) < 4.78 is 28.7. The second kappa shape index (κ2) is 9.39. The van der Waals surface area contributed by atoms with E-state index in [0.717, 1.165) is 25.9 Å². The minimum atomic E-state index is -2.78. The molecule has 0 aliphatic carbocycles. The van der Waals surface area contributed by atoms with E-state index in [4.69, 9.17) is 20.5 Å². The monoisotopic (exact) mass is 491 g/mol. The first-order valence-corrected chi connectivity index (χ1v) is 11.1. The van der Waals surface area contributed by atoms with Gasteiger partial charge in [-0.15, -0.1) is 0 Å². The van der Waals surface area contributed by atoms with Crippen molar-refractivity contribution in [3.05, 3.63) is 29.8 Å². The molecule has 3 aromatic rings. The summed E-state index contributed by atoms with van der Waals surface area (Å²) >= 11 is 6.13. The Bertz CT molecular complexity index is 1300. The SMILES string of the molecule is [2H]C([2H])([2H])NC(=O)[C@H]1OC(n2cnc3c(NC4CCNCC4)nc(-c4cncc(Cl)c4)nc32)[C@H](O)[C@@H]1O. The van der Waals surface area contributed by atoms with Crippen LogP contribution in [-0.2, 0) is 9.53 Å². The molecule has 13 heteroatoms. The number of rotatable bonds is 5. The van der Waals surface area contributed by atoms with Gasteiger partial charge in [-0.3, -0.25) is 14.3 Å². The fourth-order valence-corrected chi connectivity index (χ4v) is 4.38. The van der Waals surface area contributed by atoms with Crippen molar-refractivity contribution in [3.8, 4) is 11.4 Å². The third-order valence-electron chi connectivity index (χ3n) is 5.96. The summed E-state index contributed by atoms with van der Waals surface area (Å²) in [5, 5.41) is 30.1. The number of likely N-dealkylation sites (N-methyl/N-ethyl adjacent to an activating group) is 1. The van der Waals surface area contributed by atoms with E-state index in [1.54, 1.807) is 17.6 Å². The van der Waals surface area contributed by atoms with Crippen molar-refractivity contribution in [1.82, 2.24) is 35.1 Å². The van der Waals surface area contributed by atoms with Gasteiger partial charge in [0.2, 0.25) is 0 Å². The molecule has 5 N–H and O–H groups in total. The average molecular weight is 492 g/mol. The number of pyridine rings is 1. The first-order chi connectivity index (χ1) is 17.6. The molecule has 0 aromatic carbocycles. The largest absolute Gasteiger partial charge is 0.387 e. The van der Waals surface area contributed by atoms with Crippen LogP contribution >= 0.6 is 11.6 Å². The Labute approximate surface area is 204 Å². The van der Waals surface area contributed by atoms with Gasteiger partial charge >= 0.3 is 0 Å². The summed E-state index contributed by atoms with van der Waals surface area (Å²) in [6, 6.07) is 1.79. The average Bonchev–Trinajstić information content (AvgIpc) is 3.40. The fourth-order valence-electron chi connectivity index (χ4n) is 4.20. The van der Waals surface area contributed by atoms with E-state index in [9.17, 15) is 15.0 Å². The van der Waals surface area contributed by atoms with Crippen LogP contribution in [0.1, 0.15) is 23.2 Å². The molecule has 2 aliphatic heterocycles. The van der Waals surface area contributed by atoms with Gasteiger partial charge in [-0.05, 0) is 32.0 Å². The van der Waals surface area contributed by atoms with Gasteiger partial charge in [0.1, 0.15) is 12.2 Å². The molecule has 180 valence electrons. The van der Waals surface area contributed by atoms with Crippen molar-refractivity contribution in [2.45, 2.75) is 43.4 Å². The summed E-state index contributed by atoms with van der Waals surface area (Å²) in [7, 11) is 0. The number of hydrogen-bond donors (Lipinski definition) is 5. The summed E-state index contributed by atoms with van der Waals surface area (Å²) in [6.45, 7) is -1.08. The van der Waals surface area contributed by atoms with Gasteiger partial charge in [0.25, 0.3) is 5.91 Å². The Hall–Kier alpha value is -2.90. The number of nitrogens with one attached hydrogen (secondary N) is 3. The van der Waals surface area contributed by atoms with Crippen LogP contribution in [0, 0.1) is 0 Å². The molecule has 34 heavy (non-hydrogen) atoms. The molecule has 3 aromatic heterocycles. The smallest absolute Gasteiger partial charge is 0.251 e. The van der Waals surface area contributed by atoms with Crippen LogP contribution in [0.2, 0.25) is 5.02 Å². The number of ether oxygens (including phenoxy) is 1. The lowest BCUT2D eigenvalue weighted by Gasteiger charge is -2.24. The number of aliphatic hydroxyl groups is 2. The van der Waals surface area contributed by atoms with Gasteiger partial charge in [0.05, 0.1) is 11.3 Å². The van der Waals surface area contributed by atoms with E-state index in [1.165, 1.54) is 17.1 Å². The van der Waals surface area contributed by atoms with E-state index in [2.05, 4.69) is 30.6 Å². The number of hydrogen-bond acceptors (Lipinski definition) is 10. The van der Waals surface area contributed by atoms with Crippen LogP contribution in [0.25, 0.3) is 22.6 Å². The number of imidazole rings is 1. The van der Waals surface area contributed by atoms with Crippen LogP contribution < -0.4 is 16.0 Å². The standard InChI is InChI=1S/C21H25ClN8O4/c1-23-20(33)16-14(31)15(32)21(34-16)30-9-26-13-18(27-12-2-4-24-5-3-12)28-17(29-19(13)30)10-6-11(22)8-25-7-10/h6-9,12,14-16,21,24,31-32H,2-5H2,1H3,(H,23,33)(H,27,28,29)/t14-,15+,16-,21?/m0/s1/i1D3. The lowest BCUT2D eigenvalue weighted by Crippen LogP contribution is -2.41. The van der Waals surface area contributed by atoms with Crippen LogP contribution in [0.5, 0.6) is 0 Å². The summed E-state index contributed by atoms with van der Waals surface area (Å²) in [4.78, 5) is 30.2. The Morgan fingerprint density at radius 1 is 1.29 bits per heavy atom. The predicted molar refractivity (Wildman–Crippen MR) is 123 cm³/mol. The van der Waals surface area contributed by atoms with Crippen LogP contribution in [0.3, 0.4) is 0 Å². The molecule has 0 bridgehead atoms. The third-order valence-corrected chi connectivity index (χ3v) is 6.17. The van der Waals surface area contributed by atoms with Crippen molar-refractivity contribution in [1.29, 1.82) is 0 Å². The number of amides is 1. The molecule has 4 atom stereocenters. The minimum Gasteiger partial charge on any atom is -0.387 e. The number of nitrogens with zero attached hydrogens (tertiary/aromatic N) is 5. The maximum atomic E-state index is 12.4. The number of fused-ring (bicyclic) bond motifs is 1. The summed E-state index contributed by atoms with van der Waals surface area (Å²) in [5.41, 5.74) is 1.19. The molecule has 2 aliphatic rings. The van der Waals surface area contributed by atoms with Gasteiger partial charge < -0.3 is 30.9 Å². The third kappa shape index (κ3) is 4.18. The number of halogens is 1. The lowest BCUT2D eigenvalue weighted by molar-refractivity contribution is -0.137. The maximum Gasteiger partial charge on any atom is 0.251 e. The number of carbonyl (C=O) groups excluding carboxylic acids is 1. The second-order valence-electron chi connectivity index (χ2n) is 8.20. The first-order valence-electron chi connectivity index (χ1n) is 12.3. The zero-order valence-electron chi connectivity index (χ0n) is 20.8.